The van der Waals surface area contributed by atoms with Gasteiger partial charge in [0.05, 0.1) is 11.5 Å². The van der Waals surface area contributed by atoms with Crippen molar-refractivity contribution in [3.05, 3.63) is 54.6 Å². The fourth-order valence-electron chi connectivity index (χ4n) is 1.48. The first-order valence-electron chi connectivity index (χ1n) is 6.17. The number of hydrogen-bond acceptors (Lipinski definition) is 3. The number of ether oxygens (including phenoxy) is 1. The Hall–Kier alpha value is -1.81. The lowest BCUT2D eigenvalue weighted by Crippen LogP contribution is -2.01. The van der Waals surface area contributed by atoms with Gasteiger partial charge in [0.2, 0.25) is 11.1 Å². The van der Waals surface area contributed by atoms with Crippen LogP contribution in [0.25, 0.3) is 0 Å². The van der Waals surface area contributed by atoms with Crippen molar-refractivity contribution in [2.45, 2.75) is 18.2 Å². The van der Waals surface area contributed by atoms with Crippen molar-refractivity contribution >= 4 is 11.1 Å². The quantitative estimate of drug-likeness (QED) is 0.809. The molecule has 0 aliphatic heterocycles. The van der Waals surface area contributed by atoms with E-state index in [0.717, 1.165) is 12.2 Å². The minimum Gasteiger partial charge on any atom is -0.494 e. The molecule has 1 unspecified atom stereocenters. The Bertz CT molecular complexity index is 523. The maximum atomic E-state index is 12.0. The number of para-hydroxylation sites is 1. The van der Waals surface area contributed by atoms with Crippen LogP contribution in [-0.2, 0) is 11.1 Å². The normalized spacial score (nSPS) is 11.8. The molecule has 2 aromatic rings. The van der Waals surface area contributed by atoms with Crippen LogP contribution in [0.4, 0.5) is 0 Å². The average Bonchev–Trinajstić information content (AvgIpc) is 2.46. The molecular weight excluding hydrogens is 260 g/mol. The van der Waals surface area contributed by atoms with Crippen molar-refractivity contribution in [2.24, 2.45) is 0 Å². The van der Waals surface area contributed by atoms with Gasteiger partial charge in [-0.2, -0.15) is 0 Å². The predicted molar refractivity (Wildman–Crippen MR) is 75.7 cm³/mol. The number of hydrogen-bond donors (Lipinski definition) is 0. The van der Waals surface area contributed by atoms with E-state index in [0.29, 0.717) is 17.3 Å². The van der Waals surface area contributed by atoms with E-state index in [9.17, 15) is 4.21 Å². The summed E-state index contributed by atoms with van der Waals surface area (Å²) in [5, 5.41) is 0. The maximum absolute atomic E-state index is 12.0. The van der Waals surface area contributed by atoms with Crippen molar-refractivity contribution in [1.29, 1.82) is 0 Å². The van der Waals surface area contributed by atoms with Gasteiger partial charge in [0.1, 0.15) is 11.5 Å². The van der Waals surface area contributed by atoms with Crippen molar-refractivity contribution in [2.75, 3.05) is 6.61 Å². The largest absolute Gasteiger partial charge is 0.494 e. The number of rotatable bonds is 6. The molecule has 0 spiro atoms. The van der Waals surface area contributed by atoms with E-state index in [1.165, 1.54) is 0 Å². The third-order valence-corrected chi connectivity index (χ3v) is 3.41. The molecule has 0 radical (unpaired) electrons. The highest BCUT2D eigenvalue weighted by molar-refractivity contribution is 7.80. The molecule has 0 amide bonds. The lowest BCUT2D eigenvalue weighted by Gasteiger charge is -2.06. The Morgan fingerprint density at radius 3 is 2.26 bits per heavy atom. The van der Waals surface area contributed by atoms with Gasteiger partial charge >= 0.3 is 0 Å². The van der Waals surface area contributed by atoms with Gasteiger partial charge < -0.3 is 8.92 Å². The number of benzene rings is 2. The Morgan fingerprint density at radius 1 is 0.947 bits per heavy atom. The third kappa shape index (κ3) is 4.10. The predicted octanol–water partition coefficient (Wildman–Crippen LogP) is 3.58. The van der Waals surface area contributed by atoms with Crippen molar-refractivity contribution in [3.63, 3.8) is 0 Å². The molecule has 100 valence electrons. The van der Waals surface area contributed by atoms with Crippen LogP contribution in [0.1, 0.15) is 13.3 Å². The van der Waals surface area contributed by atoms with E-state index < -0.39 is 11.1 Å². The second-order valence-electron chi connectivity index (χ2n) is 3.95. The summed E-state index contributed by atoms with van der Waals surface area (Å²) >= 11 is -1.50. The summed E-state index contributed by atoms with van der Waals surface area (Å²) in [5.41, 5.74) is 0. The van der Waals surface area contributed by atoms with Crippen molar-refractivity contribution in [3.8, 4) is 11.5 Å². The first-order valence-corrected chi connectivity index (χ1v) is 7.25. The molecule has 0 N–H and O–H groups in total. The van der Waals surface area contributed by atoms with Crippen LogP contribution in [0.3, 0.4) is 0 Å². The highest BCUT2D eigenvalue weighted by Crippen LogP contribution is 2.18. The Labute approximate surface area is 115 Å². The van der Waals surface area contributed by atoms with Gasteiger partial charge in [-0.15, -0.1) is 0 Å². The lowest BCUT2D eigenvalue weighted by molar-refractivity contribution is 0.317. The van der Waals surface area contributed by atoms with Crippen LogP contribution in [0, 0.1) is 0 Å². The molecule has 2 rings (SSSR count). The summed E-state index contributed by atoms with van der Waals surface area (Å²) in [4.78, 5) is 0.618. The SMILES string of the molecule is CCCOc1ccc(S(=O)Oc2ccccc2)cc1. The first-order chi connectivity index (χ1) is 9.29. The Balaban J connectivity index is 1.99. The summed E-state index contributed by atoms with van der Waals surface area (Å²) in [6.45, 7) is 2.74. The topological polar surface area (TPSA) is 35.5 Å². The molecule has 4 heteroatoms. The van der Waals surface area contributed by atoms with Gasteiger partial charge in [0, 0.05) is 0 Å². The molecule has 2 aromatic carbocycles. The molecule has 0 fully saturated rings. The van der Waals surface area contributed by atoms with E-state index in [1.54, 1.807) is 36.4 Å². The molecule has 1 atom stereocenters. The van der Waals surface area contributed by atoms with Gasteiger partial charge in [0.15, 0.2) is 0 Å². The van der Waals surface area contributed by atoms with Crippen molar-refractivity contribution < 1.29 is 13.1 Å². The molecule has 0 aromatic heterocycles. The Kier molecular flexibility index (Phi) is 4.98. The monoisotopic (exact) mass is 276 g/mol. The highest BCUT2D eigenvalue weighted by atomic mass is 32.2. The van der Waals surface area contributed by atoms with Gasteiger partial charge in [-0.05, 0) is 42.8 Å². The van der Waals surface area contributed by atoms with E-state index in [1.807, 2.05) is 18.2 Å². The van der Waals surface area contributed by atoms with Gasteiger partial charge in [-0.3, -0.25) is 0 Å². The highest BCUT2D eigenvalue weighted by Gasteiger charge is 2.06. The van der Waals surface area contributed by atoms with Crippen LogP contribution < -0.4 is 8.92 Å². The van der Waals surface area contributed by atoms with Crippen molar-refractivity contribution in [1.82, 2.24) is 0 Å². The minimum atomic E-state index is -1.50. The molecule has 0 bridgehead atoms. The van der Waals surface area contributed by atoms with E-state index in [4.69, 9.17) is 8.92 Å². The van der Waals surface area contributed by atoms with Gasteiger partial charge in [-0.1, -0.05) is 25.1 Å². The molecule has 0 aliphatic rings. The molecule has 0 saturated heterocycles. The fourth-order valence-corrected chi connectivity index (χ4v) is 2.22. The standard InChI is InChI=1S/C15H16O3S/c1-2-12-17-13-8-10-15(11-9-13)19(16)18-14-6-4-3-5-7-14/h3-11H,2,12H2,1H3. The van der Waals surface area contributed by atoms with Crippen LogP contribution >= 0.6 is 0 Å². The molecule has 19 heavy (non-hydrogen) atoms. The van der Waals surface area contributed by atoms with Crippen LogP contribution in [0.5, 0.6) is 11.5 Å². The zero-order chi connectivity index (χ0) is 13.5. The molecule has 0 heterocycles. The Morgan fingerprint density at radius 2 is 1.63 bits per heavy atom. The zero-order valence-electron chi connectivity index (χ0n) is 10.7. The van der Waals surface area contributed by atoms with E-state index in [-0.39, 0.29) is 0 Å². The average molecular weight is 276 g/mol. The van der Waals surface area contributed by atoms with Gasteiger partial charge in [-0.25, -0.2) is 4.21 Å². The molecule has 3 nitrogen and oxygen atoms in total. The van der Waals surface area contributed by atoms with E-state index >= 15 is 0 Å². The first kappa shape index (κ1) is 13.6. The minimum absolute atomic E-state index is 0.590. The molecular formula is C15H16O3S. The molecule has 0 aliphatic carbocycles. The summed E-state index contributed by atoms with van der Waals surface area (Å²) in [6.07, 6.45) is 0.963. The van der Waals surface area contributed by atoms with Crippen LogP contribution in [-0.4, -0.2) is 10.8 Å². The molecule has 0 saturated carbocycles. The fraction of sp³-hybridized carbons (Fsp3) is 0.200. The summed E-state index contributed by atoms with van der Waals surface area (Å²) in [7, 11) is 0. The third-order valence-electron chi connectivity index (χ3n) is 2.40. The summed E-state index contributed by atoms with van der Waals surface area (Å²) in [5.74, 6) is 1.37. The summed E-state index contributed by atoms with van der Waals surface area (Å²) in [6, 6.07) is 16.2. The lowest BCUT2D eigenvalue weighted by atomic mass is 10.3. The second-order valence-corrected chi connectivity index (χ2v) is 5.06. The van der Waals surface area contributed by atoms with Crippen LogP contribution in [0.2, 0.25) is 0 Å². The van der Waals surface area contributed by atoms with E-state index in [2.05, 4.69) is 6.92 Å². The zero-order valence-corrected chi connectivity index (χ0v) is 11.6. The van der Waals surface area contributed by atoms with Gasteiger partial charge in [0.25, 0.3) is 0 Å². The second kappa shape index (κ2) is 6.95. The maximum Gasteiger partial charge on any atom is 0.240 e. The van der Waals surface area contributed by atoms with Crippen LogP contribution in [0.15, 0.2) is 59.5 Å². The smallest absolute Gasteiger partial charge is 0.240 e. The summed E-state index contributed by atoms with van der Waals surface area (Å²) < 4.78 is 22.8.